The van der Waals surface area contributed by atoms with E-state index in [2.05, 4.69) is 4.74 Å². The maximum absolute atomic E-state index is 10.8. The maximum atomic E-state index is 10.8. The van der Waals surface area contributed by atoms with Crippen molar-refractivity contribution in [2.75, 3.05) is 6.54 Å². The van der Waals surface area contributed by atoms with Crippen LogP contribution in [0.25, 0.3) is 0 Å². The van der Waals surface area contributed by atoms with Crippen molar-refractivity contribution in [3.05, 3.63) is 28.3 Å². The molecule has 0 aliphatic heterocycles. The first-order valence-corrected chi connectivity index (χ1v) is 3.93. The molecule has 0 aromatic heterocycles. The Morgan fingerprint density at radius 2 is 2.27 bits per heavy atom. The Hall–Kier alpha value is -2.15. The van der Waals surface area contributed by atoms with Crippen LogP contribution >= 0.6 is 0 Å². The average Bonchev–Trinajstić information content (AvgIpc) is 2.17. The van der Waals surface area contributed by atoms with Crippen molar-refractivity contribution < 1.29 is 19.6 Å². The second kappa shape index (κ2) is 4.38. The molecular weight excluding hydrogens is 204 g/mol. The van der Waals surface area contributed by atoms with Crippen molar-refractivity contribution in [2.45, 2.75) is 0 Å². The third-order valence-electron chi connectivity index (χ3n) is 1.55. The van der Waals surface area contributed by atoms with Crippen molar-refractivity contribution >= 4 is 11.7 Å². The SMILES string of the molecule is NCC(=O)Oc1cccc(O)c1[N+](=O)[O-]. The van der Waals surface area contributed by atoms with E-state index in [4.69, 9.17) is 5.73 Å². The summed E-state index contributed by atoms with van der Waals surface area (Å²) in [6, 6.07) is 3.64. The van der Waals surface area contributed by atoms with Crippen LogP contribution in [-0.2, 0) is 4.79 Å². The lowest BCUT2D eigenvalue weighted by Gasteiger charge is -2.03. The number of hydrogen-bond acceptors (Lipinski definition) is 6. The number of nitrogens with zero attached hydrogens (tertiary/aromatic N) is 1. The highest BCUT2D eigenvalue weighted by atomic mass is 16.6. The summed E-state index contributed by atoms with van der Waals surface area (Å²) < 4.78 is 4.57. The number of nitrogens with two attached hydrogens (primary N) is 1. The Bertz CT molecular complexity index is 404. The summed E-state index contributed by atoms with van der Waals surface area (Å²) >= 11 is 0. The van der Waals surface area contributed by atoms with Gasteiger partial charge in [0.15, 0.2) is 5.75 Å². The lowest BCUT2D eigenvalue weighted by Crippen LogP contribution is -2.19. The van der Waals surface area contributed by atoms with Gasteiger partial charge in [0.2, 0.25) is 5.75 Å². The summed E-state index contributed by atoms with van der Waals surface area (Å²) in [6.07, 6.45) is 0. The monoisotopic (exact) mass is 212 g/mol. The molecule has 3 N–H and O–H groups in total. The smallest absolute Gasteiger partial charge is 0.352 e. The Morgan fingerprint density at radius 3 is 2.80 bits per heavy atom. The van der Waals surface area contributed by atoms with E-state index in [1.54, 1.807) is 0 Å². The second-order valence-electron chi connectivity index (χ2n) is 2.56. The number of carbonyl (C=O) groups is 1. The van der Waals surface area contributed by atoms with E-state index in [1.165, 1.54) is 12.1 Å². The zero-order valence-corrected chi connectivity index (χ0v) is 7.54. The Morgan fingerprint density at radius 1 is 1.60 bits per heavy atom. The Labute approximate surface area is 84.2 Å². The molecule has 0 amide bonds. The van der Waals surface area contributed by atoms with Gasteiger partial charge in [0.05, 0.1) is 11.5 Å². The molecule has 7 heteroatoms. The van der Waals surface area contributed by atoms with Crippen molar-refractivity contribution in [3.8, 4) is 11.5 Å². The van der Waals surface area contributed by atoms with E-state index in [0.717, 1.165) is 6.07 Å². The molecule has 80 valence electrons. The molecule has 1 aromatic rings. The van der Waals surface area contributed by atoms with Gasteiger partial charge in [0.25, 0.3) is 0 Å². The first kappa shape index (κ1) is 10.9. The minimum atomic E-state index is -0.839. The number of ether oxygens (including phenoxy) is 1. The van der Waals surface area contributed by atoms with Crippen molar-refractivity contribution in [3.63, 3.8) is 0 Å². The number of hydrogen-bond donors (Lipinski definition) is 2. The number of nitro groups is 1. The number of carbonyl (C=O) groups excluding carboxylic acids is 1. The number of para-hydroxylation sites is 1. The molecule has 0 spiro atoms. The van der Waals surface area contributed by atoms with Crippen LogP contribution in [0, 0.1) is 10.1 Å². The van der Waals surface area contributed by atoms with Gasteiger partial charge in [-0.3, -0.25) is 14.9 Å². The average molecular weight is 212 g/mol. The zero-order chi connectivity index (χ0) is 11.4. The van der Waals surface area contributed by atoms with E-state index in [9.17, 15) is 20.0 Å². The fraction of sp³-hybridized carbons (Fsp3) is 0.125. The lowest BCUT2D eigenvalue weighted by molar-refractivity contribution is -0.386. The number of aromatic hydroxyl groups is 1. The molecule has 1 aromatic carbocycles. The summed E-state index contributed by atoms with van der Waals surface area (Å²) in [7, 11) is 0. The van der Waals surface area contributed by atoms with E-state index in [0.29, 0.717) is 0 Å². The summed E-state index contributed by atoms with van der Waals surface area (Å²) in [5.41, 5.74) is 4.32. The van der Waals surface area contributed by atoms with Crippen molar-refractivity contribution in [1.82, 2.24) is 0 Å². The molecule has 0 saturated heterocycles. The van der Waals surface area contributed by atoms with Crippen LogP contribution in [0.5, 0.6) is 11.5 Å². The largest absolute Gasteiger partial charge is 0.502 e. The molecule has 0 atom stereocenters. The van der Waals surface area contributed by atoms with Crippen LogP contribution < -0.4 is 10.5 Å². The van der Waals surface area contributed by atoms with Crippen LogP contribution in [0.2, 0.25) is 0 Å². The second-order valence-corrected chi connectivity index (χ2v) is 2.56. The number of phenols is 1. The molecule has 0 heterocycles. The lowest BCUT2D eigenvalue weighted by atomic mass is 10.3. The Kier molecular flexibility index (Phi) is 3.19. The van der Waals surface area contributed by atoms with Crippen molar-refractivity contribution in [2.24, 2.45) is 5.73 Å². The molecule has 7 nitrogen and oxygen atoms in total. The molecule has 0 unspecified atom stereocenters. The van der Waals surface area contributed by atoms with Crippen LogP contribution in [-0.4, -0.2) is 22.5 Å². The topological polar surface area (TPSA) is 116 Å². The van der Waals surface area contributed by atoms with E-state index in [1.807, 2.05) is 0 Å². The van der Waals surface area contributed by atoms with Gasteiger partial charge in [-0.2, -0.15) is 0 Å². The molecule has 0 aliphatic carbocycles. The molecule has 0 fully saturated rings. The van der Waals surface area contributed by atoms with Gasteiger partial charge in [-0.25, -0.2) is 0 Å². The number of esters is 1. The minimum absolute atomic E-state index is 0.324. The number of rotatable bonds is 3. The standard InChI is InChI=1S/C8H8N2O5/c9-4-7(12)15-6-3-1-2-5(11)8(6)10(13)14/h1-3,11H,4,9H2. The third-order valence-corrected chi connectivity index (χ3v) is 1.55. The molecule has 0 aliphatic rings. The number of benzene rings is 1. The zero-order valence-electron chi connectivity index (χ0n) is 7.54. The van der Waals surface area contributed by atoms with Gasteiger partial charge in [0.1, 0.15) is 0 Å². The van der Waals surface area contributed by atoms with Crippen LogP contribution in [0.4, 0.5) is 5.69 Å². The third kappa shape index (κ3) is 2.41. The van der Waals surface area contributed by atoms with Gasteiger partial charge in [-0.15, -0.1) is 0 Å². The predicted molar refractivity (Wildman–Crippen MR) is 49.5 cm³/mol. The maximum Gasteiger partial charge on any atom is 0.352 e. The van der Waals surface area contributed by atoms with Crippen LogP contribution in [0.3, 0.4) is 0 Å². The quantitative estimate of drug-likeness (QED) is 0.319. The van der Waals surface area contributed by atoms with Gasteiger partial charge in [0, 0.05) is 0 Å². The van der Waals surface area contributed by atoms with E-state index < -0.39 is 28.9 Å². The molecule has 0 radical (unpaired) electrons. The minimum Gasteiger partial charge on any atom is -0.502 e. The Balaban J connectivity index is 3.11. The fourth-order valence-electron chi connectivity index (χ4n) is 0.941. The molecule has 0 saturated carbocycles. The summed E-state index contributed by atoms with van der Waals surface area (Å²) in [6.45, 7) is -0.396. The first-order valence-electron chi connectivity index (χ1n) is 3.93. The van der Waals surface area contributed by atoms with Gasteiger partial charge in [-0.05, 0) is 12.1 Å². The van der Waals surface area contributed by atoms with E-state index in [-0.39, 0.29) is 5.75 Å². The summed E-state index contributed by atoms with van der Waals surface area (Å²) in [5.74, 6) is -1.71. The van der Waals surface area contributed by atoms with E-state index >= 15 is 0 Å². The van der Waals surface area contributed by atoms with Gasteiger partial charge < -0.3 is 15.6 Å². The normalized spacial score (nSPS) is 9.67. The first-order chi connectivity index (χ1) is 7.06. The fourth-order valence-corrected chi connectivity index (χ4v) is 0.941. The van der Waals surface area contributed by atoms with Crippen LogP contribution in [0.1, 0.15) is 0 Å². The molecule has 0 bridgehead atoms. The molecule has 1 rings (SSSR count). The number of nitro benzene ring substituents is 1. The highest BCUT2D eigenvalue weighted by Crippen LogP contribution is 2.35. The van der Waals surface area contributed by atoms with Crippen molar-refractivity contribution in [1.29, 1.82) is 0 Å². The molecular formula is C8H8N2O5. The van der Waals surface area contributed by atoms with Gasteiger partial charge in [-0.1, -0.05) is 6.07 Å². The highest BCUT2D eigenvalue weighted by Gasteiger charge is 2.22. The summed E-state index contributed by atoms with van der Waals surface area (Å²) in [4.78, 5) is 20.5. The summed E-state index contributed by atoms with van der Waals surface area (Å²) in [5, 5.41) is 19.7. The number of phenolic OH excluding ortho intramolecular Hbond substituents is 1. The molecule has 15 heavy (non-hydrogen) atoms. The highest BCUT2D eigenvalue weighted by molar-refractivity contribution is 5.76. The van der Waals surface area contributed by atoms with Crippen LogP contribution in [0.15, 0.2) is 18.2 Å². The van der Waals surface area contributed by atoms with Gasteiger partial charge >= 0.3 is 11.7 Å². The predicted octanol–water partition coefficient (Wildman–Crippen LogP) is 0.164.